The van der Waals surface area contributed by atoms with E-state index in [-0.39, 0.29) is 44.1 Å². The Hall–Kier alpha value is -2.72. The maximum atomic E-state index is 14.0. The van der Waals surface area contributed by atoms with Crippen LogP contribution in [-0.4, -0.2) is 72.3 Å². The van der Waals surface area contributed by atoms with Crippen LogP contribution in [0.3, 0.4) is 0 Å². The molecule has 0 radical (unpaired) electrons. The molecule has 2 aliphatic heterocycles. The van der Waals surface area contributed by atoms with Gasteiger partial charge in [0, 0.05) is 51.4 Å². The van der Waals surface area contributed by atoms with Crippen LogP contribution in [0.1, 0.15) is 47.9 Å². The molecule has 1 aliphatic carbocycles. The van der Waals surface area contributed by atoms with Gasteiger partial charge in [-0.25, -0.2) is 8.78 Å². The highest BCUT2D eigenvalue weighted by molar-refractivity contribution is 5.81. The number of anilines is 1. The number of hydrogen-bond acceptors (Lipinski definition) is 4. The SMILES string of the molecule is O=C(CNc1cccc2c1CN(CC1CC1)CC2)N(CCN1CCCC(F)(F)C1)Cc1ccccc1C(F)(F)F. The molecule has 0 atom stereocenters. The lowest BCUT2D eigenvalue weighted by Crippen LogP contribution is -2.47. The van der Waals surface area contributed by atoms with E-state index in [1.165, 1.54) is 41.5 Å². The Morgan fingerprint density at radius 2 is 1.85 bits per heavy atom. The Morgan fingerprint density at radius 1 is 1.05 bits per heavy atom. The summed E-state index contributed by atoms with van der Waals surface area (Å²) >= 11 is 0. The third-order valence-electron chi connectivity index (χ3n) is 8.19. The second kappa shape index (κ2) is 12.0. The Balaban J connectivity index is 1.29. The zero-order chi connectivity index (χ0) is 28.3. The zero-order valence-corrected chi connectivity index (χ0v) is 22.7. The van der Waals surface area contributed by atoms with Crippen molar-refractivity contribution < 1.29 is 26.7 Å². The van der Waals surface area contributed by atoms with Crippen molar-refractivity contribution in [3.05, 3.63) is 64.7 Å². The van der Waals surface area contributed by atoms with Gasteiger partial charge in [0.2, 0.25) is 5.91 Å². The van der Waals surface area contributed by atoms with E-state index in [0.717, 1.165) is 49.3 Å². The van der Waals surface area contributed by atoms with E-state index in [2.05, 4.69) is 16.3 Å². The van der Waals surface area contributed by atoms with Crippen LogP contribution in [0, 0.1) is 5.92 Å². The topological polar surface area (TPSA) is 38.8 Å². The number of carbonyl (C=O) groups excluding carboxylic acids is 1. The number of hydrogen-bond donors (Lipinski definition) is 1. The van der Waals surface area contributed by atoms with Crippen molar-refractivity contribution in [2.75, 3.05) is 51.1 Å². The van der Waals surface area contributed by atoms with Gasteiger partial charge in [-0.1, -0.05) is 30.3 Å². The first-order valence-corrected chi connectivity index (χ1v) is 14.2. The van der Waals surface area contributed by atoms with Gasteiger partial charge in [-0.05, 0) is 67.0 Å². The van der Waals surface area contributed by atoms with Gasteiger partial charge in [-0.2, -0.15) is 13.2 Å². The van der Waals surface area contributed by atoms with Gasteiger partial charge in [0.25, 0.3) is 5.92 Å². The molecule has 2 fully saturated rings. The van der Waals surface area contributed by atoms with Crippen LogP contribution in [0.25, 0.3) is 0 Å². The molecular formula is C30H37F5N4O. The minimum atomic E-state index is -4.56. The summed E-state index contributed by atoms with van der Waals surface area (Å²) in [6.45, 7) is 2.85. The predicted octanol–water partition coefficient (Wildman–Crippen LogP) is 5.65. The van der Waals surface area contributed by atoms with Gasteiger partial charge < -0.3 is 10.2 Å². The number of nitrogens with one attached hydrogen (secondary N) is 1. The summed E-state index contributed by atoms with van der Waals surface area (Å²) in [5, 5.41) is 3.25. The van der Waals surface area contributed by atoms with Crippen LogP contribution in [0.2, 0.25) is 0 Å². The maximum Gasteiger partial charge on any atom is 0.416 e. The molecule has 10 heteroatoms. The monoisotopic (exact) mass is 564 g/mol. The van der Waals surface area contributed by atoms with Crippen molar-refractivity contribution in [1.82, 2.24) is 14.7 Å². The van der Waals surface area contributed by atoms with Crippen molar-refractivity contribution >= 4 is 11.6 Å². The smallest absolute Gasteiger partial charge is 0.376 e. The second-order valence-electron chi connectivity index (χ2n) is 11.4. The first-order chi connectivity index (χ1) is 19.1. The highest BCUT2D eigenvalue weighted by Crippen LogP contribution is 2.34. The number of halogens is 5. The van der Waals surface area contributed by atoms with Crippen molar-refractivity contribution in [3.63, 3.8) is 0 Å². The standard InChI is InChI=1S/C30H37F5N4O/c31-29(32)12-4-13-37(21-29)15-16-39(19-24-5-1-2-7-26(24)30(33,34)35)28(40)17-36-27-8-3-6-23-11-14-38(20-25(23)27)18-22-9-10-22/h1-3,5-8,22,36H,4,9-21H2. The maximum absolute atomic E-state index is 14.0. The molecule has 0 bridgehead atoms. The van der Waals surface area contributed by atoms with Gasteiger partial charge in [0.15, 0.2) is 0 Å². The van der Waals surface area contributed by atoms with E-state index >= 15 is 0 Å². The van der Waals surface area contributed by atoms with E-state index in [1.54, 1.807) is 4.90 Å². The molecule has 2 aromatic rings. The van der Waals surface area contributed by atoms with Crippen LogP contribution < -0.4 is 5.32 Å². The number of piperidine rings is 1. The number of alkyl halides is 5. The minimum absolute atomic E-state index is 0.0138. The summed E-state index contributed by atoms with van der Waals surface area (Å²) < 4.78 is 69.0. The normalized spacial score (nSPS) is 19.7. The summed E-state index contributed by atoms with van der Waals surface area (Å²) in [6.07, 6.45) is -0.897. The molecule has 5 nitrogen and oxygen atoms in total. The Bertz CT molecular complexity index is 1180. The average Bonchev–Trinajstić information content (AvgIpc) is 3.73. The van der Waals surface area contributed by atoms with Crippen molar-refractivity contribution in [2.45, 2.75) is 57.3 Å². The molecular weight excluding hydrogens is 527 g/mol. The van der Waals surface area contributed by atoms with Crippen LogP contribution in [0.5, 0.6) is 0 Å². The molecule has 1 saturated carbocycles. The third kappa shape index (κ3) is 7.51. The highest BCUT2D eigenvalue weighted by atomic mass is 19.4. The van der Waals surface area contributed by atoms with E-state index in [9.17, 15) is 26.7 Å². The molecule has 0 aromatic heterocycles. The lowest BCUT2D eigenvalue weighted by molar-refractivity contribution is -0.139. The van der Waals surface area contributed by atoms with E-state index in [4.69, 9.17) is 0 Å². The number of nitrogens with zero attached hydrogens (tertiary/aromatic N) is 3. The first-order valence-electron chi connectivity index (χ1n) is 14.2. The van der Waals surface area contributed by atoms with Gasteiger partial charge in [-0.15, -0.1) is 0 Å². The number of benzene rings is 2. The molecule has 2 heterocycles. The molecule has 1 N–H and O–H groups in total. The Kier molecular flexibility index (Phi) is 8.66. The molecule has 2 aromatic carbocycles. The third-order valence-corrected chi connectivity index (χ3v) is 8.19. The second-order valence-corrected chi connectivity index (χ2v) is 11.4. The zero-order valence-electron chi connectivity index (χ0n) is 22.7. The fourth-order valence-electron chi connectivity index (χ4n) is 5.84. The van der Waals surface area contributed by atoms with E-state index in [0.29, 0.717) is 13.0 Å². The van der Waals surface area contributed by atoms with Crippen molar-refractivity contribution in [1.29, 1.82) is 0 Å². The first kappa shape index (κ1) is 28.8. The van der Waals surface area contributed by atoms with Crippen LogP contribution in [0.15, 0.2) is 42.5 Å². The van der Waals surface area contributed by atoms with Crippen LogP contribution in [-0.2, 0) is 30.5 Å². The molecule has 1 amide bonds. The van der Waals surface area contributed by atoms with Gasteiger partial charge in [-0.3, -0.25) is 14.6 Å². The van der Waals surface area contributed by atoms with Gasteiger partial charge >= 0.3 is 6.18 Å². The fraction of sp³-hybridized carbons (Fsp3) is 0.567. The predicted molar refractivity (Wildman–Crippen MR) is 144 cm³/mol. The summed E-state index contributed by atoms with van der Waals surface area (Å²) in [6, 6.07) is 11.2. The number of amides is 1. The highest BCUT2D eigenvalue weighted by Gasteiger charge is 2.36. The summed E-state index contributed by atoms with van der Waals surface area (Å²) in [4.78, 5) is 18.9. The molecule has 0 spiro atoms. The number of rotatable bonds is 10. The molecule has 218 valence electrons. The molecule has 40 heavy (non-hydrogen) atoms. The minimum Gasteiger partial charge on any atom is -0.376 e. The lowest BCUT2D eigenvalue weighted by atomic mass is 9.97. The van der Waals surface area contributed by atoms with Gasteiger partial charge in [0.1, 0.15) is 0 Å². The molecule has 5 rings (SSSR count). The summed E-state index contributed by atoms with van der Waals surface area (Å²) in [7, 11) is 0. The van der Waals surface area contributed by atoms with Gasteiger partial charge in [0.05, 0.1) is 18.7 Å². The van der Waals surface area contributed by atoms with Crippen molar-refractivity contribution in [3.8, 4) is 0 Å². The summed E-state index contributed by atoms with van der Waals surface area (Å²) in [5.74, 6) is -2.39. The summed E-state index contributed by atoms with van der Waals surface area (Å²) in [5.41, 5.74) is 2.45. The molecule has 3 aliphatic rings. The number of likely N-dealkylation sites (tertiary alicyclic amines) is 1. The quantitative estimate of drug-likeness (QED) is 0.379. The number of carbonyl (C=O) groups is 1. The van der Waals surface area contributed by atoms with Crippen molar-refractivity contribution in [2.24, 2.45) is 5.92 Å². The van der Waals surface area contributed by atoms with Crippen LogP contribution >= 0.6 is 0 Å². The fourth-order valence-corrected chi connectivity index (χ4v) is 5.84. The Labute approximate surface area is 232 Å². The largest absolute Gasteiger partial charge is 0.416 e. The van der Waals surface area contributed by atoms with Crippen LogP contribution in [0.4, 0.5) is 27.6 Å². The number of fused-ring (bicyclic) bond motifs is 1. The van der Waals surface area contributed by atoms with E-state index in [1.807, 2.05) is 12.1 Å². The Morgan fingerprint density at radius 3 is 2.60 bits per heavy atom. The van der Waals surface area contributed by atoms with E-state index < -0.39 is 24.2 Å². The average molecular weight is 565 g/mol. The lowest BCUT2D eigenvalue weighted by Gasteiger charge is -2.34. The molecule has 1 saturated heterocycles. The molecule has 0 unspecified atom stereocenters.